The van der Waals surface area contributed by atoms with Crippen molar-refractivity contribution in [1.29, 1.82) is 21.0 Å². The molecule has 0 amide bonds. The second-order valence-electron chi connectivity index (χ2n) is 4.05. The molecule has 0 saturated heterocycles. The molecule has 0 heterocycles. The average Bonchev–Trinajstić information content (AvgIpc) is 2.53. The molecular formula is C16H6N4. The summed E-state index contributed by atoms with van der Waals surface area (Å²) < 4.78 is 0. The minimum absolute atomic E-state index is 0.361. The third-order valence-corrected chi connectivity index (χ3v) is 2.72. The number of rotatable bonds is 1. The molecule has 4 heteroatoms. The first-order valence-electron chi connectivity index (χ1n) is 5.61. The van der Waals surface area contributed by atoms with Gasteiger partial charge < -0.3 is 0 Å². The van der Waals surface area contributed by atoms with Crippen LogP contribution in [0.1, 0.15) is 22.3 Å². The standard InChI is InChI=1S/C16H6N4/c17-7-11-1-12(8-18)4-15(3-11)16-5-13(9-19)2-14(6-16)10-20/h1-6H. The minimum atomic E-state index is 0.361. The molecule has 2 rings (SSSR count). The van der Waals surface area contributed by atoms with Crippen LogP contribution in [0.15, 0.2) is 36.4 Å². The summed E-state index contributed by atoms with van der Waals surface area (Å²) in [7, 11) is 0. The van der Waals surface area contributed by atoms with E-state index in [2.05, 4.69) is 0 Å². The smallest absolute Gasteiger partial charge is 0.0992 e. The zero-order valence-corrected chi connectivity index (χ0v) is 10.3. The lowest BCUT2D eigenvalue weighted by Gasteiger charge is -2.04. The van der Waals surface area contributed by atoms with Crippen LogP contribution in [-0.2, 0) is 0 Å². The molecule has 4 nitrogen and oxygen atoms in total. The maximum Gasteiger partial charge on any atom is 0.0992 e. The summed E-state index contributed by atoms with van der Waals surface area (Å²) >= 11 is 0. The Labute approximate surface area is 116 Å². The van der Waals surface area contributed by atoms with Crippen molar-refractivity contribution in [3.63, 3.8) is 0 Å². The number of nitrogens with zero attached hydrogens (tertiary/aromatic N) is 4. The van der Waals surface area contributed by atoms with Gasteiger partial charge in [0.2, 0.25) is 0 Å². The van der Waals surface area contributed by atoms with Gasteiger partial charge in [-0.15, -0.1) is 0 Å². The van der Waals surface area contributed by atoms with E-state index < -0.39 is 0 Å². The minimum Gasteiger partial charge on any atom is -0.192 e. The van der Waals surface area contributed by atoms with E-state index in [1.54, 1.807) is 24.3 Å². The number of nitriles is 4. The van der Waals surface area contributed by atoms with E-state index in [-0.39, 0.29) is 0 Å². The SMILES string of the molecule is N#Cc1cc(C#N)cc(-c2cc(C#N)cc(C#N)c2)c1. The van der Waals surface area contributed by atoms with Gasteiger partial charge in [0.25, 0.3) is 0 Å². The van der Waals surface area contributed by atoms with Crippen molar-refractivity contribution in [2.45, 2.75) is 0 Å². The fraction of sp³-hybridized carbons (Fsp3) is 0. The van der Waals surface area contributed by atoms with Gasteiger partial charge in [-0.1, -0.05) is 0 Å². The normalized spacial score (nSPS) is 8.80. The van der Waals surface area contributed by atoms with Crippen LogP contribution in [0.25, 0.3) is 11.1 Å². The fourth-order valence-electron chi connectivity index (χ4n) is 1.85. The molecule has 0 radical (unpaired) electrons. The Balaban J connectivity index is 2.70. The van der Waals surface area contributed by atoms with E-state index in [9.17, 15) is 0 Å². The summed E-state index contributed by atoms with van der Waals surface area (Å²) in [5, 5.41) is 35.9. The predicted molar refractivity (Wildman–Crippen MR) is 70.7 cm³/mol. The molecule has 0 aliphatic rings. The number of hydrogen-bond acceptors (Lipinski definition) is 4. The average molecular weight is 254 g/mol. The highest BCUT2D eigenvalue weighted by Gasteiger charge is 2.06. The Kier molecular flexibility index (Phi) is 3.45. The topological polar surface area (TPSA) is 95.2 Å². The molecule has 0 fully saturated rings. The van der Waals surface area contributed by atoms with E-state index in [0.29, 0.717) is 33.4 Å². The third-order valence-electron chi connectivity index (χ3n) is 2.72. The molecule has 20 heavy (non-hydrogen) atoms. The van der Waals surface area contributed by atoms with E-state index in [1.807, 2.05) is 24.3 Å². The lowest BCUT2D eigenvalue weighted by Crippen LogP contribution is -1.87. The largest absolute Gasteiger partial charge is 0.192 e. The molecule has 0 spiro atoms. The number of hydrogen-bond donors (Lipinski definition) is 0. The van der Waals surface area contributed by atoms with Crippen molar-refractivity contribution < 1.29 is 0 Å². The van der Waals surface area contributed by atoms with Crippen molar-refractivity contribution in [2.75, 3.05) is 0 Å². The molecule has 0 aromatic heterocycles. The third kappa shape index (κ3) is 2.46. The zero-order chi connectivity index (χ0) is 14.5. The Bertz CT molecular complexity index is 714. The maximum atomic E-state index is 8.97. The molecule has 0 aliphatic carbocycles. The van der Waals surface area contributed by atoms with Gasteiger partial charge in [0, 0.05) is 0 Å². The van der Waals surface area contributed by atoms with Crippen molar-refractivity contribution in [2.24, 2.45) is 0 Å². The quantitative estimate of drug-likeness (QED) is 0.781. The fourth-order valence-corrected chi connectivity index (χ4v) is 1.85. The van der Waals surface area contributed by atoms with Crippen LogP contribution in [0.2, 0.25) is 0 Å². The van der Waals surface area contributed by atoms with Gasteiger partial charge in [-0.05, 0) is 47.5 Å². The van der Waals surface area contributed by atoms with Crippen LogP contribution in [0.5, 0.6) is 0 Å². The Morgan fingerprint density at radius 2 is 0.700 bits per heavy atom. The van der Waals surface area contributed by atoms with E-state index in [4.69, 9.17) is 21.0 Å². The van der Waals surface area contributed by atoms with Crippen molar-refractivity contribution in [3.8, 4) is 35.4 Å². The molecule has 0 aliphatic heterocycles. The molecule has 0 N–H and O–H groups in total. The van der Waals surface area contributed by atoms with Crippen LogP contribution >= 0.6 is 0 Å². The van der Waals surface area contributed by atoms with Crippen molar-refractivity contribution in [3.05, 3.63) is 58.7 Å². The van der Waals surface area contributed by atoms with Gasteiger partial charge in [0.15, 0.2) is 0 Å². The second-order valence-corrected chi connectivity index (χ2v) is 4.05. The molecule has 0 atom stereocenters. The van der Waals surface area contributed by atoms with Gasteiger partial charge in [0.1, 0.15) is 0 Å². The first kappa shape index (κ1) is 12.8. The summed E-state index contributed by atoms with van der Waals surface area (Å²) in [6.07, 6.45) is 0. The number of benzene rings is 2. The molecule has 0 unspecified atom stereocenters. The van der Waals surface area contributed by atoms with Gasteiger partial charge >= 0.3 is 0 Å². The van der Waals surface area contributed by atoms with Crippen molar-refractivity contribution >= 4 is 0 Å². The molecule has 2 aromatic carbocycles. The molecule has 90 valence electrons. The molecule has 0 bridgehead atoms. The predicted octanol–water partition coefficient (Wildman–Crippen LogP) is 2.84. The van der Waals surface area contributed by atoms with Crippen molar-refractivity contribution in [1.82, 2.24) is 0 Å². The van der Waals surface area contributed by atoms with Gasteiger partial charge in [0.05, 0.1) is 46.5 Å². The first-order valence-corrected chi connectivity index (χ1v) is 5.61. The van der Waals surface area contributed by atoms with Crippen LogP contribution in [0.4, 0.5) is 0 Å². The molecule has 0 saturated carbocycles. The van der Waals surface area contributed by atoms with E-state index in [0.717, 1.165) is 0 Å². The summed E-state index contributed by atoms with van der Waals surface area (Å²) in [5.74, 6) is 0. The van der Waals surface area contributed by atoms with Gasteiger partial charge in [-0.3, -0.25) is 0 Å². The van der Waals surface area contributed by atoms with Gasteiger partial charge in [-0.2, -0.15) is 21.0 Å². The van der Waals surface area contributed by atoms with Crippen LogP contribution < -0.4 is 0 Å². The Hall–Kier alpha value is -3.60. The second kappa shape index (κ2) is 5.36. The summed E-state index contributed by atoms with van der Waals surface area (Å²) in [4.78, 5) is 0. The first-order chi connectivity index (χ1) is 9.69. The lowest BCUT2D eigenvalue weighted by atomic mass is 9.97. The zero-order valence-electron chi connectivity index (χ0n) is 10.3. The van der Waals surface area contributed by atoms with Crippen LogP contribution in [0.3, 0.4) is 0 Å². The lowest BCUT2D eigenvalue weighted by molar-refractivity contribution is 1.43. The highest BCUT2D eigenvalue weighted by molar-refractivity contribution is 5.70. The summed E-state index contributed by atoms with van der Waals surface area (Å²) in [6.45, 7) is 0. The highest BCUT2D eigenvalue weighted by atomic mass is 14.3. The Morgan fingerprint density at radius 3 is 0.900 bits per heavy atom. The van der Waals surface area contributed by atoms with E-state index in [1.165, 1.54) is 12.1 Å². The van der Waals surface area contributed by atoms with Gasteiger partial charge in [-0.25, -0.2) is 0 Å². The maximum absolute atomic E-state index is 8.97. The summed E-state index contributed by atoms with van der Waals surface area (Å²) in [6, 6.07) is 17.4. The van der Waals surface area contributed by atoms with E-state index >= 15 is 0 Å². The van der Waals surface area contributed by atoms with Crippen LogP contribution in [0, 0.1) is 45.3 Å². The molecular weight excluding hydrogens is 248 g/mol. The molecule has 2 aromatic rings. The van der Waals surface area contributed by atoms with Crippen LogP contribution in [-0.4, -0.2) is 0 Å². The monoisotopic (exact) mass is 254 g/mol. The Morgan fingerprint density at radius 1 is 0.450 bits per heavy atom. The highest BCUT2D eigenvalue weighted by Crippen LogP contribution is 2.24. The summed E-state index contributed by atoms with van der Waals surface area (Å²) in [5.41, 5.74) is 2.71.